The molecular weight excluding hydrogens is 182 g/mol. The second kappa shape index (κ2) is 4.74. The van der Waals surface area contributed by atoms with Crippen molar-refractivity contribution in [3.63, 3.8) is 0 Å². The number of nitrogens with zero attached hydrogens (tertiary/aromatic N) is 1. The van der Waals surface area contributed by atoms with E-state index in [1.54, 1.807) is 0 Å². The van der Waals surface area contributed by atoms with Crippen molar-refractivity contribution in [2.45, 2.75) is 19.8 Å². The minimum absolute atomic E-state index is 1.09. The van der Waals surface area contributed by atoms with E-state index in [1.165, 1.54) is 11.1 Å². The molecule has 0 bridgehead atoms. The third kappa shape index (κ3) is 2.91. The van der Waals surface area contributed by atoms with E-state index >= 15 is 0 Å². The lowest BCUT2D eigenvalue weighted by Crippen LogP contribution is -1.92. The molecule has 0 atom stereocenters. The van der Waals surface area contributed by atoms with Crippen LogP contribution in [0.25, 0.3) is 0 Å². The van der Waals surface area contributed by atoms with Gasteiger partial charge in [0.1, 0.15) is 0 Å². The maximum Gasteiger partial charge on any atom is 0.0375 e. The molecule has 0 aliphatic rings. The van der Waals surface area contributed by atoms with Crippen LogP contribution >= 0.6 is 0 Å². The summed E-state index contributed by atoms with van der Waals surface area (Å²) in [7, 11) is 0. The highest BCUT2D eigenvalue weighted by molar-refractivity contribution is 5.20. The van der Waals surface area contributed by atoms with Crippen LogP contribution in [0.4, 0.5) is 0 Å². The molecule has 0 amide bonds. The Morgan fingerprint density at radius 1 is 0.933 bits per heavy atom. The Morgan fingerprint density at radius 3 is 2.40 bits per heavy atom. The molecule has 0 fully saturated rings. The second-order valence-corrected chi connectivity index (χ2v) is 3.79. The average Bonchev–Trinajstić information content (AvgIpc) is 2.28. The highest BCUT2D eigenvalue weighted by Gasteiger charge is 1.95. The predicted octanol–water partition coefficient (Wildman–Crippen LogP) is 3.18. The highest BCUT2D eigenvalue weighted by Crippen LogP contribution is 2.07. The van der Waals surface area contributed by atoms with Crippen molar-refractivity contribution in [1.29, 1.82) is 0 Å². The summed E-state index contributed by atoms with van der Waals surface area (Å²) in [6.07, 6.45) is 4.08. The lowest BCUT2D eigenvalue weighted by atomic mass is 10.1. The largest absolute Gasteiger partial charge is 0.262 e. The number of pyridine rings is 1. The Hall–Kier alpha value is -1.63. The van der Waals surface area contributed by atoms with Crippen LogP contribution in [0.2, 0.25) is 0 Å². The van der Waals surface area contributed by atoms with Crippen molar-refractivity contribution in [3.8, 4) is 0 Å². The number of aromatic nitrogens is 1. The smallest absolute Gasteiger partial charge is 0.0375 e. The standard InChI is InChI=1S/C14H15N/c1-12-11-14(9-10-15-12)8-7-13-5-3-2-4-6-13/h2-6,9-11H,7-8H2,1H3. The molecule has 1 heteroatoms. The van der Waals surface area contributed by atoms with E-state index in [1.807, 2.05) is 13.1 Å². The fourth-order valence-electron chi connectivity index (χ4n) is 1.69. The van der Waals surface area contributed by atoms with Gasteiger partial charge in [0.25, 0.3) is 0 Å². The van der Waals surface area contributed by atoms with Crippen molar-refractivity contribution < 1.29 is 0 Å². The topological polar surface area (TPSA) is 12.9 Å². The summed E-state index contributed by atoms with van der Waals surface area (Å²) in [5.74, 6) is 0. The second-order valence-electron chi connectivity index (χ2n) is 3.79. The van der Waals surface area contributed by atoms with Gasteiger partial charge in [0.2, 0.25) is 0 Å². The first-order valence-corrected chi connectivity index (χ1v) is 5.30. The van der Waals surface area contributed by atoms with Gasteiger partial charge in [-0.25, -0.2) is 0 Å². The molecule has 2 aromatic rings. The number of hydrogen-bond acceptors (Lipinski definition) is 1. The van der Waals surface area contributed by atoms with Gasteiger partial charge in [0, 0.05) is 11.9 Å². The molecule has 1 heterocycles. The zero-order valence-electron chi connectivity index (χ0n) is 8.98. The van der Waals surface area contributed by atoms with Gasteiger partial charge in [-0.15, -0.1) is 0 Å². The summed E-state index contributed by atoms with van der Waals surface area (Å²) in [6.45, 7) is 2.03. The first-order chi connectivity index (χ1) is 7.34. The van der Waals surface area contributed by atoms with E-state index in [0.717, 1.165) is 18.5 Å². The number of benzene rings is 1. The fraction of sp³-hybridized carbons (Fsp3) is 0.214. The van der Waals surface area contributed by atoms with Crippen LogP contribution in [0.3, 0.4) is 0 Å². The maximum atomic E-state index is 4.19. The van der Waals surface area contributed by atoms with E-state index in [-0.39, 0.29) is 0 Å². The summed E-state index contributed by atoms with van der Waals surface area (Å²) in [5, 5.41) is 0. The average molecular weight is 197 g/mol. The minimum Gasteiger partial charge on any atom is -0.262 e. The number of hydrogen-bond donors (Lipinski definition) is 0. The van der Waals surface area contributed by atoms with Gasteiger partial charge >= 0.3 is 0 Å². The molecule has 76 valence electrons. The third-order valence-electron chi connectivity index (χ3n) is 2.51. The number of aryl methyl sites for hydroxylation is 3. The Labute approximate surface area is 90.8 Å². The monoisotopic (exact) mass is 197 g/mol. The Balaban J connectivity index is 1.99. The molecular formula is C14H15N. The van der Waals surface area contributed by atoms with Crippen LogP contribution in [0.15, 0.2) is 48.7 Å². The molecule has 0 spiro atoms. The van der Waals surface area contributed by atoms with E-state index in [0.29, 0.717) is 0 Å². The van der Waals surface area contributed by atoms with E-state index in [4.69, 9.17) is 0 Å². The SMILES string of the molecule is Cc1cc(CCc2ccccc2)ccn1. The van der Waals surface area contributed by atoms with Crippen LogP contribution in [0, 0.1) is 6.92 Å². The van der Waals surface area contributed by atoms with Crippen molar-refractivity contribution in [2.75, 3.05) is 0 Å². The van der Waals surface area contributed by atoms with Gasteiger partial charge in [-0.1, -0.05) is 30.3 Å². The summed E-state index contributed by atoms with van der Waals surface area (Å²) in [4.78, 5) is 4.19. The molecule has 15 heavy (non-hydrogen) atoms. The molecule has 0 saturated carbocycles. The molecule has 1 nitrogen and oxygen atoms in total. The van der Waals surface area contributed by atoms with Crippen molar-refractivity contribution >= 4 is 0 Å². The molecule has 0 aliphatic carbocycles. The van der Waals surface area contributed by atoms with Crippen LogP contribution in [0.1, 0.15) is 16.8 Å². The summed E-state index contributed by atoms with van der Waals surface area (Å²) in [6, 6.07) is 14.8. The lowest BCUT2D eigenvalue weighted by Gasteiger charge is -2.02. The quantitative estimate of drug-likeness (QED) is 0.736. The van der Waals surface area contributed by atoms with Crippen LogP contribution in [-0.2, 0) is 12.8 Å². The van der Waals surface area contributed by atoms with Gasteiger partial charge in [-0.2, -0.15) is 0 Å². The maximum absolute atomic E-state index is 4.19. The van der Waals surface area contributed by atoms with E-state index in [2.05, 4.69) is 47.4 Å². The van der Waals surface area contributed by atoms with Crippen molar-refractivity contribution in [1.82, 2.24) is 4.98 Å². The first-order valence-electron chi connectivity index (χ1n) is 5.30. The van der Waals surface area contributed by atoms with Crippen LogP contribution in [0.5, 0.6) is 0 Å². The summed E-state index contributed by atoms with van der Waals surface area (Å²) in [5.41, 5.74) is 3.86. The Bertz CT molecular complexity index is 420. The van der Waals surface area contributed by atoms with Crippen molar-refractivity contribution in [2.24, 2.45) is 0 Å². The van der Waals surface area contributed by atoms with Gasteiger partial charge in [-0.3, -0.25) is 4.98 Å². The fourth-order valence-corrected chi connectivity index (χ4v) is 1.69. The molecule has 0 N–H and O–H groups in total. The summed E-state index contributed by atoms with van der Waals surface area (Å²) >= 11 is 0. The third-order valence-corrected chi connectivity index (χ3v) is 2.51. The molecule has 2 rings (SSSR count). The lowest BCUT2D eigenvalue weighted by molar-refractivity contribution is 0.950. The molecule has 1 aromatic heterocycles. The van der Waals surface area contributed by atoms with Crippen molar-refractivity contribution in [3.05, 3.63) is 65.5 Å². The first kappa shape index (κ1) is 9.91. The highest BCUT2D eigenvalue weighted by atomic mass is 14.6. The predicted molar refractivity (Wildman–Crippen MR) is 62.8 cm³/mol. The molecule has 0 saturated heterocycles. The van der Waals surface area contributed by atoms with E-state index in [9.17, 15) is 0 Å². The van der Waals surface area contributed by atoms with Gasteiger partial charge in [0.15, 0.2) is 0 Å². The Morgan fingerprint density at radius 2 is 1.67 bits per heavy atom. The normalized spacial score (nSPS) is 10.2. The van der Waals surface area contributed by atoms with E-state index < -0.39 is 0 Å². The molecule has 0 radical (unpaired) electrons. The number of rotatable bonds is 3. The van der Waals surface area contributed by atoms with Gasteiger partial charge in [0.05, 0.1) is 0 Å². The molecule has 0 aliphatic heterocycles. The van der Waals surface area contributed by atoms with Crippen LogP contribution in [-0.4, -0.2) is 4.98 Å². The molecule has 1 aromatic carbocycles. The Kier molecular flexibility index (Phi) is 3.13. The summed E-state index contributed by atoms with van der Waals surface area (Å²) < 4.78 is 0. The molecule has 0 unspecified atom stereocenters. The minimum atomic E-state index is 1.09. The zero-order chi connectivity index (χ0) is 10.5. The van der Waals surface area contributed by atoms with Crippen LogP contribution < -0.4 is 0 Å². The zero-order valence-corrected chi connectivity index (χ0v) is 8.98. The van der Waals surface area contributed by atoms with Gasteiger partial charge < -0.3 is 0 Å². The van der Waals surface area contributed by atoms with Gasteiger partial charge in [-0.05, 0) is 43.0 Å².